The first kappa shape index (κ1) is 16.4. The van der Waals surface area contributed by atoms with Crippen LogP contribution in [0.2, 0.25) is 0 Å². The van der Waals surface area contributed by atoms with Gasteiger partial charge < -0.3 is 15.2 Å². The van der Waals surface area contributed by atoms with Gasteiger partial charge in [-0.05, 0) is 47.9 Å². The second-order valence-electron chi connectivity index (χ2n) is 4.88. The van der Waals surface area contributed by atoms with Gasteiger partial charge in [-0.3, -0.25) is 0 Å². The highest BCUT2D eigenvalue weighted by atomic mass is 32.2. The Bertz CT molecular complexity index is 813. The number of para-hydroxylation sites is 1. The van der Waals surface area contributed by atoms with Crippen molar-refractivity contribution < 1.29 is 24.5 Å². The molecule has 0 radical (unpaired) electrons. The Morgan fingerprint density at radius 2 is 1.83 bits per heavy atom. The highest BCUT2D eigenvalue weighted by Gasteiger charge is 2.06. The molecule has 3 rings (SSSR count). The number of nitrogens with one attached hydrogen (secondary N) is 1. The smallest absolute Gasteiger partial charge is 0.159 e. The number of rotatable bonds is 7. The van der Waals surface area contributed by atoms with Gasteiger partial charge in [-0.1, -0.05) is 23.2 Å². The SMILES string of the molecule is OOOSc1cc(O)c2ccc(NCOc3ccccc3)cc2c1. The summed E-state index contributed by atoms with van der Waals surface area (Å²) in [5, 5.41) is 26.5. The average molecular weight is 345 g/mol. The topological polar surface area (TPSA) is 80.2 Å². The minimum Gasteiger partial charge on any atom is -0.507 e. The Morgan fingerprint density at radius 1 is 1.00 bits per heavy atom. The van der Waals surface area contributed by atoms with E-state index < -0.39 is 0 Å². The summed E-state index contributed by atoms with van der Waals surface area (Å²) in [5.74, 6) is 0.895. The number of anilines is 1. The van der Waals surface area contributed by atoms with Crippen molar-refractivity contribution in [2.75, 3.05) is 12.0 Å². The number of hydrogen-bond donors (Lipinski definition) is 3. The van der Waals surface area contributed by atoms with Crippen molar-refractivity contribution in [3.8, 4) is 11.5 Å². The van der Waals surface area contributed by atoms with Crippen molar-refractivity contribution in [3.63, 3.8) is 0 Å². The molecule has 0 aliphatic carbocycles. The zero-order valence-corrected chi connectivity index (χ0v) is 13.3. The molecule has 6 nitrogen and oxygen atoms in total. The number of fused-ring (bicyclic) bond motifs is 1. The lowest BCUT2D eigenvalue weighted by Gasteiger charge is -2.11. The molecule has 0 unspecified atom stereocenters. The van der Waals surface area contributed by atoms with Gasteiger partial charge in [-0.2, -0.15) is 0 Å². The van der Waals surface area contributed by atoms with Crippen LogP contribution in [-0.4, -0.2) is 17.1 Å². The molecule has 3 aromatic rings. The quantitative estimate of drug-likeness (QED) is 0.253. The Kier molecular flexibility index (Phi) is 5.39. The lowest BCUT2D eigenvalue weighted by Crippen LogP contribution is -2.08. The van der Waals surface area contributed by atoms with Crippen LogP contribution in [0.15, 0.2) is 65.6 Å². The van der Waals surface area contributed by atoms with Crippen molar-refractivity contribution in [2.45, 2.75) is 4.90 Å². The molecular weight excluding hydrogens is 330 g/mol. The van der Waals surface area contributed by atoms with E-state index in [0.29, 0.717) is 17.0 Å². The summed E-state index contributed by atoms with van der Waals surface area (Å²) in [7, 11) is 0. The number of phenolic OH excluding ortho intramolecular Hbond substituents is 1. The molecule has 0 spiro atoms. The van der Waals surface area contributed by atoms with Crippen LogP contribution in [0.3, 0.4) is 0 Å². The summed E-state index contributed by atoms with van der Waals surface area (Å²) in [6.45, 7) is 0.317. The van der Waals surface area contributed by atoms with Gasteiger partial charge in [0.15, 0.2) is 6.73 Å². The van der Waals surface area contributed by atoms with Crippen molar-refractivity contribution in [3.05, 3.63) is 60.7 Å². The molecule has 0 amide bonds. The summed E-state index contributed by atoms with van der Waals surface area (Å²) >= 11 is 0.793. The van der Waals surface area contributed by atoms with Crippen LogP contribution in [0.25, 0.3) is 10.8 Å². The van der Waals surface area contributed by atoms with E-state index in [1.54, 1.807) is 0 Å². The summed E-state index contributed by atoms with van der Waals surface area (Å²) in [5.41, 5.74) is 0.847. The Labute approximate surface area is 142 Å². The number of phenols is 1. The molecule has 7 heteroatoms. The van der Waals surface area contributed by atoms with Crippen molar-refractivity contribution >= 4 is 28.5 Å². The first-order valence-corrected chi connectivity index (χ1v) is 7.83. The van der Waals surface area contributed by atoms with E-state index in [9.17, 15) is 5.11 Å². The van der Waals surface area contributed by atoms with Gasteiger partial charge in [-0.25, -0.2) is 5.26 Å². The number of hydrogen-bond acceptors (Lipinski definition) is 7. The van der Waals surface area contributed by atoms with Crippen molar-refractivity contribution in [2.24, 2.45) is 0 Å². The molecule has 0 saturated carbocycles. The molecule has 0 saturated heterocycles. The summed E-state index contributed by atoms with van der Waals surface area (Å²) in [4.78, 5) is 0.590. The van der Waals surface area contributed by atoms with E-state index >= 15 is 0 Å². The zero-order valence-electron chi connectivity index (χ0n) is 12.5. The van der Waals surface area contributed by atoms with E-state index in [0.717, 1.165) is 28.9 Å². The van der Waals surface area contributed by atoms with Crippen LogP contribution in [0.4, 0.5) is 5.69 Å². The lowest BCUT2D eigenvalue weighted by atomic mass is 10.1. The minimum absolute atomic E-state index is 0.114. The molecule has 124 valence electrons. The van der Waals surface area contributed by atoms with Gasteiger partial charge >= 0.3 is 0 Å². The van der Waals surface area contributed by atoms with E-state index in [2.05, 4.69) is 14.7 Å². The third-order valence-corrected chi connectivity index (χ3v) is 3.88. The molecule has 3 aromatic carbocycles. The van der Waals surface area contributed by atoms with Gasteiger partial charge in [0.05, 0.1) is 12.0 Å². The maximum absolute atomic E-state index is 10.0. The normalized spacial score (nSPS) is 10.7. The monoisotopic (exact) mass is 345 g/mol. The summed E-state index contributed by atoms with van der Waals surface area (Å²) in [6, 6.07) is 18.4. The second kappa shape index (κ2) is 7.89. The van der Waals surface area contributed by atoms with Gasteiger partial charge in [0.1, 0.15) is 11.5 Å². The molecule has 0 bridgehead atoms. The van der Waals surface area contributed by atoms with Gasteiger partial charge in [0.25, 0.3) is 0 Å². The Hall–Kier alpha value is -2.45. The fraction of sp³-hybridized carbons (Fsp3) is 0.0588. The molecule has 24 heavy (non-hydrogen) atoms. The van der Waals surface area contributed by atoms with Gasteiger partial charge in [0.2, 0.25) is 0 Å². The lowest BCUT2D eigenvalue weighted by molar-refractivity contribution is -0.432. The number of aromatic hydroxyl groups is 1. The zero-order chi connectivity index (χ0) is 16.8. The Morgan fingerprint density at radius 3 is 2.62 bits per heavy atom. The fourth-order valence-electron chi connectivity index (χ4n) is 2.25. The molecule has 0 fully saturated rings. The second-order valence-corrected chi connectivity index (χ2v) is 5.66. The molecule has 0 heterocycles. The van der Waals surface area contributed by atoms with Crippen LogP contribution in [-0.2, 0) is 9.37 Å². The van der Waals surface area contributed by atoms with Crippen molar-refractivity contribution in [1.29, 1.82) is 0 Å². The van der Waals surface area contributed by atoms with Gasteiger partial charge in [0, 0.05) is 16.0 Å². The maximum Gasteiger partial charge on any atom is 0.159 e. The van der Waals surface area contributed by atoms with Crippen LogP contribution >= 0.6 is 12.0 Å². The molecule has 0 atom stereocenters. The standard InChI is InChI=1S/C17H15NO5S/c19-17-10-15(24-23-22-20)9-12-8-13(6-7-16(12)17)18-11-21-14-4-2-1-3-5-14/h1-10,18-20H,11H2. The molecule has 0 aliphatic rings. The fourth-order valence-corrected chi connectivity index (χ4v) is 2.70. The van der Waals surface area contributed by atoms with Crippen LogP contribution in [0.1, 0.15) is 0 Å². The molecule has 3 N–H and O–H groups in total. The third kappa shape index (κ3) is 4.09. The highest BCUT2D eigenvalue weighted by molar-refractivity contribution is 7.94. The van der Waals surface area contributed by atoms with Crippen LogP contribution in [0, 0.1) is 0 Å². The van der Waals surface area contributed by atoms with Gasteiger partial charge in [-0.15, -0.1) is 4.33 Å². The predicted octanol–water partition coefficient (Wildman–Crippen LogP) is 4.42. The molecule has 0 aliphatic heterocycles. The van der Waals surface area contributed by atoms with Crippen LogP contribution < -0.4 is 10.1 Å². The molecular formula is C17H15NO5S. The van der Waals surface area contributed by atoms with Crippen molar-refractivity contribution in [1.82, 2.24) is 0 Å². The Balaban J connectivity index is 1.72. The molecule has 0 aromatic heterocycles. The predicted molar refractivity (Wildman–Crippen MR) is 91.8 cm³/mol. The summed E-state index contributed by atoms with van der Waals surface area (Å²) < 4.78 is 9.99. The highest BCUT2D eigenvalue weighted by Crippen LogP contribution is 2.33. The van der Waals surface area contributed by atoms with E-state index in [-0.39, 0.29) is 5.75 Å². The van der Waals surface area contributed by atoms with Crippen LogP contribution in [0.5, 0.6) is 11.5 Å². The van der Waals surface area contributed by atoms with E-state index in [1.807, 2.05) is 54.6 Å². The first-order chi connectivity index (χ1) is 11.8. The first-order valence-electron chi connectivity index (χ1n) is 7.09. The summed E-state index contributed by atoms with van der Waals surface area (Å²) in [6.07, 6.45) is 0. The minimum atomic E-state index is 0.114. The largest absolute Gasteiger partial charge is 0.507 e. The number of benzene rings is 3. The van der Waals surface area contributed by atoms with E-state index in [4.69, 9.17) is 9.99 Å². The third-order valence-electron chi connectivity index (χ3n) is 3.32. The van der Waals surface area contributed by atoms with E-state index in [1.165, 1.54) is 6.07 Å². The average Bonchev–Trinajstić information content (AvgIpc) is 2.60. The number of ether oxygens (including phenoxy) is 1. The maximum atomic E-state index is 10.0.